The Kier molecular flexibility index (Phi) is 9.10. The van der Waals surface area contributed by atoms with Crippen LogP contribution < -0.4 is 5.32 Å². The molecule has 1 N–H and O–H groups in total. The predicted molar refractivity (Wildman–Crippen MR) is 91.3 cm³/mol. The average Bonchev–Trinajstić information content (AvgIpc) is 2.75. The number of amides is 2. The molecule has 2 atom stereocenters. The van der Waals surface area contributed by atoms with Gasteiger partial charge < -0.3 is 0 Å². The molecule has 0 aliphatic carbocycles. The summed E-state index contributed by atoms with van der Waals surface area (Å²) in [5, 5.41) is 2.45. The van der Waals surface area contributed by atoms with Gasteiger partial charge in [-0.25, -0.2) is 0 Å². The van der Waals surface area contributed by atoms with Crippen LogP contribution in [-0.2, 0) is 9.59 Å². The molecule has 1 aliphatic heterocycles. The molecule has 0 saturated carbocycles. The van der Waals surface area contributed by atoms with Gasteiger partial charge in [-0.05, 0) is 18.8 Å². The van der Waals surface area contributed by atoms with Gasteiger partial charge >= 0.3 is 0 Å². The molecule has 0 radical (unpaired) electrons. The van der Waals surface area contributed by atoms with E-state index in [0.29, 0.717) is 0 Å². The Morgan fingerprint density at radius 1 is 0.955 bits per heavy atom. The van der Waals surface area contributed by atoms with Crippen LogP contribution in [0, 0.1) is 17.8 Å². The second-order valence-corrected chi connectivity index (χ2v) is 6.84. The molecule has 0 spiro atoms. The first kappa shape index (κ1) is 18.9. The van der Waals surface area contributed by atoms with Gasteiger partial charge in [0.1, 0.15) is 0 Å². The molecule has 3 heteroatoms. The lowest BCUT2D eigenvalue weighted by Gasteiger charge is -2.15. The van der Waals surface area contributed by atoms with E-state index in [-0.39, 0.29) is 29.6 Å². The van der Waals surface area contributed by atoms with Crippen molar-refractivity contribution in [2.24, 2.45) is 17.8 Å². The number of imide groups is 1. The highest BCUT2D eigenvalue weighted by Gasteiger charge is 2.41. The molecule has 22 heavy (non-hydrogen) atoms. The second-order valence-electron chi connectivity index (χ2n) is 6.84. The summed E-state index contributed by atoms with van der Waals surface area (Å²) < 4.78 is 0. The summed E-state index contributed by atoms with van der Waals surface area (Å²) in [5.74, 6) is -0.495. The van der Waals surface area contributed by atoms with Crippen LogP contribution in [0.1, 0.15) is 78.6 Å². The zero-order valence-electron chi connectivity index (χ0n) is 14.6. The zero-order valence-corrected chi connectivity index (χ0v) is 14.6. The molecular formula is C19H33NO2. The van der Waals surface area contributed by atoms with Crippen LogP contribution in [0.25, 0.3) is 0 Å². The van der Waals surface area contributed by atoms with Crippen molar-refractivity contribution >= 4 is 11.8 Å². The Morgan fingerprint density at radius 3 is 2.14 bits per heavy atom. The quantitative estimate of drug-likeness (QED) is 0.344. The van der Waals surface area contributed by atoms with E-state index in [1.807, 2.05) is 19.9 Å². The van der Waals surface area contributed by atoms with Crippen LogP contribution in [0.4, 0.5) is 0 Å². The van der Waals surface area contributed by atoms with Crippen LogP contribution in [-0.4, -0.2) is 11.8 Å². The number of unbranched alkanes of at least 4 members (excludes halogenated alkanes) is 8. The Balaban J connectivity index is 2.17. The largest absolute Gasteiger partial charge is 0.296 e. The van der Waals surface area contributed by atoms with Crippen molar-refractivity contribution < 1.29 is 9.59 Å². The van der Waals surface area contributed by atoms with E-state index < -0.39 is 0 Å². The molecule has 0 aromatic rings. The number of hydrogen-bond donors (Lipinski definition) is 1. The van der Waals surface area contributed by atoms with E-state index in [4.69, 9.17) is 0 Å². The van der Waals surface area contributed by atoms with Crippen LogP contribution in [0.2, 0.25) is 0 Å². The molecule has 0 aromatic heterocycles. The van der Waals surface area contributed by atoms with E-state index >= 15 is 0 Å². The smallest absolute Gasteiger partial charge is 0.234 e. The molecular weight excluding hydrogens is 274 g/mol. The van der Waals surface area contributed by atoms with E-state index in [2.05, 4.69) is 18.3 Å². The zero-order chi connectivity index (χ0) is 16.4. The van der Waals surface area contributed by atoms with Crippen LogP contribution in [0.15, 0.2) is 12.2 Å². The van der Waals surface area contributed by atoms with Gasteiger partial charge in [0.2, 0.25) is 11.8 Å². The minimum Gasteiger partial charge on any atom is -0.296 e. The first-order chi connectivity index (χ1) is 10.6. The number of allylic oxidation sites excluding steroid dienone is 1. The van der Waals surface area contributed by atoms with Crippen LogP contribution in [0.3, 0.4) is 0 Å². The third-order valence-corrected chi connectivity index (χ3v) is 4.52. The first-order valence-corrected chi connectivity index (χ1v) is 9.09. The molecule has 3 nitrogen and oxygen atoms in total. The molecule has 1 fully saturated rings. The molecule has 1 aliphatic rings. The molecule has 1 saturated heterocycles. The Labute approximate surface area is 135 Å². The summed E-state index contributed by atoms with van der Waals surface area (Å²) in [7, 11) is 0. The topological polar surface area (TPSA) is 46.2 Å². The third-order valence-electron chi connectivity index (χ3n) is 4.52. The van der Waals surface area contributed by atoms with Crippen molar-refractivity contribution in [3.63, 3.8) is 0 Å². The van der Waals surface area contributed by atoms with Gasteiger partial charge in [0.15, 0.2) is 0 Å². The molecule has 2 amide bonds. The van der Waals surface area contributed by atoms with E-state index in [1.54, 1.807) is 0 Å². The van der Waals surface area contributed by atoms with Crippen molar-refractivity contribution in [3.05, 3.63) is 12.2 Å². The summed E-state index contributed by atoms with van der Waals surface area (Å²) in [4.78, 5) is 23.6. The number of nitrogens with one attached hydrogen (secondary N) is 1. The highest BCUT2D eigenvalue weighted by molar-refractivity contribution is 6.06. The lowest BCUT2D eigenvalue weighted by molar-refractivity contribution is -0.126. The van der Waals surface area contributed by atoms with Gasteiger partial charge in [-0.2, -0.15) is 0 Å². The molecule has 0 bridgehead atoms. The lowest BCUT2D eigenvalue weighted by atomic mass is 9.85. The molecule has 2 unspecified atom stereocenters. The highest BCUT2D eigenvalue weighted by Crippen LogP contribution is 2.27. The highest BCUT2D eigenvalue weighted by atomic mass is 16.2. The fourth-order valence-corrected chi connectivity index (χ4v) is 3.18. The summed E-state index contributed by atoms with van der Waals surface area (Å²) in [6.45, 7) is 6.25. The molecule has 126 valence electrons. The maximum absolute atomic E-state index is 11.8. The molecule has 1 rings (SSSR count). The van der Waals surface area contributed by atoms with Crippen LogP contribution in [0.5, 0.6) is 0 Å². The fraction of sp³-hybridized carbons (Fsp3) is 0.789. The van der Waals surface area contributed by atoms with E-state index in [1.165, 1.54) is 51.4 Å². The minimum atomic E-state index is -0.262. The number of hydrogen-bond acceptors (Lipinski definition) is 2. The van der Waals surface area contributed by atoms with E-state index in [0.717, 1.165) is 6.42 Å². The Morgan fingerprint density at radius 2 is 1.55 bits per heavy atom. The second kappa shape index (κ2) is 10.6. The predicted octanol–water partition coefficient (Wildman–Crippen LogP) is 4.62. The van der Waals surface area contributed by atoms with Gasteiger partial charge in [-0.3, -0.25) is 14.9 Å². The standard InChI is InChI=1S/C19H33NO2/c1-4-5-6-7-8-9-10-11-12-13-14-16-17(15(2)3)19(22)20-18(16)21/h13-17H,4-12H2,1-3H3,(H,20,21,22). The third kappa shape index (κ3) is 6.33. The average molecular weight is 307 g/mol. The SMILES string of the molecule is CCCCCCCCCCC=CC1C(=O)NC(=O)C1C(C)C. The minimum absolute atomic E-state index is 0.110. The van der Waals surface area contributed by atoms with Gasteiger partial charge in [-0.1, -0.05) is 77.9 Å². The number of carbonyl (C=O) groups excluding carboxylic acids is 2. The fourth-order valence-electron chi connectivity index (χ4n) is 3.18. The van der Waals surface area contributed by atoms with Gasteiger partial charge in [0, 0.05) is 0 Å². The Hall–Kier alpha value is -1.12. The van der Waals surface area contributed by atoms with Crippen molar-refractivity contribution in [1.29, 1.82) is 0 Å². The Bertz CT molecular complexity index is 374. The van der Waals surface area contributed by atoms with Crippen LogP contribution >= 0.6 is 0 Å². The van der Waals surface area contributed by atoms with Crippen molar-refractivity contribution in [1.82, 2.24) is 5.32 Å². The van der Waals surface area contributed by atoms with Gasteiger partial charge in [0.25, 0.3) is 0 Å². The monoisotopic (exact) mass is 307 g/mol. The van der Waals surface area contributed by atoms with Gasteiger partial charge in [-0.15, -0.1) is 0 Å². The number of rotatable bonds is 11. The molecule has 1 heterocycles. The van der Waals surface area contributed by atoms with Crippen molar-refractivity contribution in [3.8, 4) is 0 Å². The summed E-state index contributed by atoms with van der Waals surface area (Å²) in [5.41, 5.74) is 0. The lowest BCUT2D eigenvalue weighted by Crippen LogP contribution is -2.24. The van der Waals surface area contributed by atoms with E-state index in [9.17, 15) is 9.59 Å². The maximum atomic E-state index is 11.8. The van der Waals surface area contributed by atoms with Gasteiger partial charge in [0.05, 0.1) is 11.8 Å². The summed E-state index contributed by atoms with van der Waals surface area (Å²) >= 11 is 0. The molecule has 0 aromatic carbocycles. The van der Waals surface area contributed by atoms with Crippen molar-refractivity contribution in [2.45, 2.75) is 78.6 Å². The number of carbonyl (C=O) groups is 2. The first-order valence-electron chi connectivity index (χ1n) is 9.09. The normalized spacial score (nSPS) is 22.0. The van der Waals surface area contributed by atoms with Crippen molar-refractivity contribution in [2.75, 3.05) is 0 Å². The maximum Gasteiger partial charge on any atom is 0.234 e. The summed E-state index contributed by atoms with van der Waals surface area (Å²) in [6.07, 6.45) is 15.6. The summed E-state index contributed by atoms with van der Waals surface area (Å²) in [6, 6.07) is 0.